The SMILES string of the molecule is CC.OS1(O)CCNCC1.[HH]. The van der Waals surface area contributed by atoms with Crippen LogP contribution in [0.2, 0.25) is 0 Å². The van der Waals surface area contributed by atoms with E-state index in [2.05, 4.69) is 5.32 Å². The molecule has 1 aliphatic rings. The molecule has 1 fully saturated rings. The molecule has 0 aromatic carbocycles. The van der Waals surface area contributed by atoms with Gasteiger partial charge in [0, 0.05) is 26.0 Å². The molecule has 0 aromatic heterocycles. The molecule has 4 heteroatoms. The molecule has 1 rings (SSSR count). The Morgan fingerprint density at radius 1 is 1.20 bits per heavy atom. The van der Waals surface area contributed by atoms with Gasteiger partial charge in [-0.05, 0) is 0 Å². The summed E-state index contributed by atoms with van der Waals surface area (Å²) in [6.45, 7) is 5.50. The van der Waals surface area contributed by atoms with Crippen LogP contribution < -0.4 is 5.32 Å². The van der Waals surface area contributed by atoms with E-state index in [1.807, 2.05) is 13.8 Å². The fourth-order valence-electron chi connectivity index (χ4n) is 0.698. The Labute approximate surface area is 65.7 Å². The summed E-state index contributed by atoms with van der Waals surface area (Å²) >= 11 is 0. The Balaban J connectivity index is 0. The highest BCUT2D eigenvalue weighted by atomic mass is 32.3. The van der Waals surface area contributed by atoms with Crippen molar-refractivity contribution in [3.63, 3.8) is 0 Å². The lowest BCUT2D eigenvalue weighted by Crippen LogP contribution is -2.33. The van der Waals surface area contributed by atoms with E-state index in [9.17, 15) is 0 Å². The molecule has 0 unspecified atom stereocenters. The second-order valence-electron chi connectivity index (χ2n) is 1.96. The van der Waals surface area contributed by atoms with Crippen LogP contribution in [0.1, 0.15) is 15.3 Å². The van der Waals surface area contributed by atoms with E-state index in [0.29, 0.717) is 11.5 Å². The molecule has 3 nitrogen and oxygen atoms in total. The van der Waals surface area contributed by atoms with Crippen molar-refractivity contribution in [3.8, 4) is 0 Å². The summed E-state index contributed by atoms with van der Waals surface area (Å²) in [5.74, 6) is 1.07. The molecule has 0 aliphatic carbocycles. The Hall–Kier alpha value is 0.230. The molecule has 0 bridgehead atoms. The van der Waals surface area contributed by atoms with Crippen molar-refractivity contribution in [1.29, 1.82) is 0 Å². The first-order valence-corrected chi connectivity index (χ1v) is 5.53. The van der Waals surface area contributed by atoms with Crippen molar-refractivity contribution in [1.82, 2.24) is 5.32 Å². The van der Waals surface area contributed by atoms with Gasteiger partial charge < -0.3 is 5.32 Å². The molecule has 1 saturated heterocycles. The topological polar surface area (TPSA) is 52.5 Å². The predicted octanol–water partition coefficient (Wildman–Crippen LogP) is 1.61. The molecule has 3 N–H and O–H groups in total. The molecule has 0 radical (unpaired) electrons. The van der Waals surface area contributed by atoms with Crippen LogP contribution in [0.4, 0.5) is 0 Å². The van der Waals surface area contributed by atoms with Gasteiger partial charge in [0.1, 0.15) is 0 Å². The second kappa shape index (κ2) is 4.96. The Bertz CT molecular complexity index is 84.7. The molecule has 0 atom stereocenters. The first kappa shape index (κ1) is 10.2. The van der Waals surface area contributed by atoms with Crippen molar-refractivity contribution >= 4 is 10.6 Å². The fraction of sp³-hybridized carbons (Fsp3) is 1.00. The van der Waals surface area contributed by atoms with Crippen LogP contribution in [0.3, 0.4) is 0 Å². The van der Waals surface area contributed by atoms with Crippen LogP contribution in [-0.4, -0.2) is 33.7 Å². The van der Waals surface area contributed by atoms with Gasteiger partial charge in [0.05, 0.1) is 0 Å². The Morgan fingerprint density at radius 2 is 1.60 bits per heavy atom. The quantitative estimate of drug-likeness (QED) is 0.516. The molecule has 1 heterocycles. The zero-order valence-corrected chi connectivity index (χ0v) is 7.45. The maximum Gasteiger partial charge on any atom is 0.0499 e. The lowest BCUT2D eigenvalue weighted by Gasteiger charge is -2.35. The molecular weight excluding hydrogens is 150 g/mol. The zero-order valence-electron chi connectivity index (χ0n) is 6.63. The van der Waals surface area contributed by atoms with Gasteiger partial charge in [0.2, 0.25) is 0 Å². The lowest BCUT2D eigenvalue weighted by atomic mass is 10.6. The first-order valence-electron chi connectivity index (χ1n) is 3.65. The summed E-state index contributed by atoms with van der Waals surface area (Å²) in [5, 5.41) is 3.04. The molecular formula is C6H19NO2S. The van der Waals surface area contributed by atoms with Gasteiger partial charge in [-0.15, -0.1) is 0 Å². The van der Waals surface area contributed by atoms with E-state index in [4.69, 9.17) is 9.11 Å². The zero-order chi connectivity index (χ0) is 8.04. The molecule has 1 aliphatic heterocycles. The van der Waals surface area contributed by atoms with Gasteiger partial charge in [-0.25, -0.2) is 0 Å². The van der Waals surface area contributed by atoms with Gasteiger partial charge in [-0.3, -0.25) is 9.11 Å². The van der Waals surface area contributed by atoms with E-state index in [0.717, 1.165) is 13.1 Å². The number of rotatable bonds is 0. The third kappa shape index (κ3) is 4.11. The van der Waals surface area contributed by atoms with E-state index >= 15 is 0 Å². The third-order valence-corrected chi connectivity index (χ3v) is 2.93. The van der Waals surface area contributed by atoms with Gasteiger partial charge in [-0.1, -0.05) is 13.8 Å². The highest BCUT2D eigenvalue weighted by molar-refractivity contribution is 8.24. The minimum Gasteiger partial charge on any atom is -0.314 e. The van der Waals surface area contributed by atoms with E-state index in [1.165, 1.54) is 0 Å². The number of hydrogen-bond acceptors (Lipinski definition) is 3. The standard InChI is InChI=1S/C4H11NO2S.C2H6.H2/c6-8(7)3-1-5-2-4-8;1-2;/h5-7H,1-4H2;1-2H3;1H. The van der Waals surface area contributed by atoms with Crippen LogP contribution in [0, 0.1) is 0 Å². The maximum atomic E-state index is 8.97. The van der Waals surface area contributed by atoms with Crippen LogP contribution >= 0.6 is 10.6 Å². The van der Waals surface area contributed by atoms with Crippen molar-refractivity contribution in [3.05, 3.63) is 0 Å². The summed E-state index contributed by atoms with van der Waals surface area (Å²) < 4.78 is 17.9. The summed E-state index contributed by atoms with van der Waals surface area (Å²) in [6, 6.07) is 0. The van der Waals surface area contributed by atoms with Crippen LogP contribution in [0.5, 0.6) is 0 Å². The Kier molecular flexibility index (Phi) is 5.07. The smallest absolute Gasteiger partial charge is 0.0499 e. The largest absolute Gasteiger partial charge is 0.314 e. The molecule has 0 spiro atoms. The van der Waals surface area contributed by atoms with E-state index < -0.39 is 10.6 Å². The average Bonchev–Trinajstić information content (AvgIpc) is 1.92. The fourth-order valence-corrected chi connectivity index (χ4v) is 1.84. The predicted molar refractivity (Wildman–Crippen MR) is 48.9 cm³/mol. The molecule has 0 amide bonds. The highest BCUT2D eigenvalue weighted by Gasteiger charge is 2.14. The van der Waals surface area contributed by atoms with Gasteiger partial charge in [0.25, 0.3) is 0 Å². The normalized spacial score (nSPS) is 26.0. The monoisotopic (exact) mass is 169 g/mol. The molecule has 10 heavy (non-hydrogen) atoms. The van der Waals surface area contributed by atoms with Crippen LogP contribution in [-0.2, 0) is 0 Å². The lowest BCUT2D eigenvalue weighted by molar-refractivity contribution is 0.473. The molecule has 0 saturated carbocycles. The van der Waals surface area contributed by atoms with Gasteiger partial charge in [0.15, 0.2) is 0 Å². The summed E-state index contributed by atoms with van der Waals surface area (Å²) in [7, 11) is -2.15. The summed E-state index contributed by atoms with van der Waals surface area (Å²) in [5.41, 5.74) is 0. The number of hydrogen-bond donors (Lipinski definition) is 3. The molecule has 0 aromatic rings. The summed E-state index contributed by atoms with van der Waals surface area (Å²) in [4.78, 5) is 0. The maximum absolute atomic E-state index is 8.97. The van der Waals surface area contributed by atoms with Crippen LogP contribution in [0.15, 0.2) is 0 Å². The van der Waals surface area contributed by atoms with Crippen molar-refractivity contribution in [2.24, 2.45) is 0 Å². The van der Waals surface area contributed by atoms with E-state index in [1.54, 1.807) is 0 Å². The minimum absolute atomic E-state index is 0. The van der Waals surface area contributed by atoms with E-state index in [-0.39, 0.29) is 1.43 Å². The number of nitrogens with one attached hydrogen (secondary N) is 1. The minimum atomic E-state index is -2.15. The van der Waals surface area contributed by atoms with Crippen molar-refractivity contribution in [2.75, 3.05) is 24.6 Å². The first-order chi connectivity index (χ1) is 4.71. The van der Waals surface area contributed by atoms with Gasteiger partial charge in [-0.2, -0.15) is 10.6 Å². The highest BCUT2D eigenvalue weighted by Crippen LogP contribution is 2.38. The third-order valence-electron chi connectivity index (χ3n) is 1.21. The average molecular weight is 169 g/mol. The summed E-state index contributed by atoms with van der Waals surface area (Å²) in [6.07, 6.45) is 0. The Morgan fingerprint density at radius 3 is 1.80 bits per heavy atom. The second-order valence-corrected chi connectivity index (χ2v) is 4.38. The molecule has 66 valence electrons. The van der Waals surface area contributed by atoms with Crippen molar-refractivity contribution in [2.45, 2.75) is 13.8 Å². The van der Waals surface area contributed by atoms with Crippen molar-refractivity contribution < 1.29 is 10.5 Å². The van der Waals surface area contributed by atoms with Gasteiger partial charge >= 0.3 is 0 Å². The van der Waals surface area contributed by atoms with Crippen LogP contribution in [0.25, 0.3) is 0 Å².